The van der Waals surface area contributed by atoms with Gasteiger partial charge in [0.15, 0.2) is 0 Å². The van der Waals surface area contributed by atoms with Crippen molar-refractivity contribution in [2.75, 3.05) is 0 Å². The first-order chi connectivity index (χ1) is 9.72. The highest BCUT2D eigenvalue weighted by molar-refractivity contribution is 6.05. The fourth-order valence-electron chi connectivity index (χ4n) is 2.67. The minimum Gasteiger partial charge on any atom is -0.244 e. The molecule has 0 aliphatic heterocycles. The van der Waals surface area contributed by atoms with Gasteiger partial charge in [-0.3, -0.25) is 0 Å². The molecule has 96 valence electrons. The van der Waals surface area contributed by atoms with Crippen molar-refractivity contribution in [3.05, 3.63) is 59.7 Å². The predicted octanol–water partition coefficient (Wildman–Crippen LogP) is 4.55. The number of aromatic nitrogens is 2. The minimum atomic E-state index is 0.958. The Kier molecular flexibility index (Phi) is 2.27. The molecule has 2 heteroatoms. The molecule has 0 aliphatic rings. The largest absolute Gasteiger partial charge is 0.244 e. The van der Waals surface area contributed by atoms with Gasteiger partial charge in [0, 0.05) is 5.39 Å². The molecule has 0 atom stereocenters. The summed E-state index contributed by atoms with van der Waals surface area (Å²) in [7, 11) is 0. The third-order valence-electron chi connectivity index (χ3n) is 3.94. The molecule has 1 aromatic heterocycles. The topological polar surface area (TPSA) is 25.8 Å². The average Bonchev–Trinajstić information content (AvgIpc) is 2.47. The zero-order chi connectivity index (χ0) is 13.7. The molecule has 0 unspecified atom stereocenters. The lowest BCUT2D eigenvalue weighted by atomic mass is 10.1. The van der Waals surface area contributed by atoms with Crippen molar-refractivity contribution in [1.29, 1.82) is 0 Å². The first kappa shape index (κ1) is 11.4. The molecule has 3 aromatic carbocycles. The van der Waals surface area contributed by atoms with Crippen LogP contribution in [-0.2, 0) is 0 Å². The zero-order valence-electron chi connectivity index (χ0n) is 11.5. The van der Waals surface area contributed by atoms with Gasteiger partial charge in [0.25, 0.3) is 0 Å². The van der Waals surface area contributed by atoms with Crippen LogP contribution in [0.15, 0.2) is 48.5 Å². The average molecular weight is 258 g/mol. The van der Waals surface area contributed by atoms with Crippen LogP contribution in [0.5, 0.6) is 0 Å². The maximum Gasteiger partial charge on any atom is 0.0972 e. The Labute approximate surface area is 117 Å². The molecule has 20 heavy (non-hydrogen) atoms. The van der Waals surface area contributed by atoms with Gasteiger partial charge < -0.3 is 0 Å². The fraction of sp³-hybridized carbons (Fsp3) is 0.111. The normalized spacial score (nSPS) is 11.5. The van der Waals surface area contributed by atoms with Crippen LogP contribution in [0.2, 0.25) is 0 Å². The van der Waals surface area contributed by atoms with E-state index >= 15 is 0 Å². The minimum absolute atomic E-state index is 0.958. The lowest BCUT2D eigenvalue weighted by Crippen LogP contribution is -1.91. The summed E-state index contributed by atoms with van der Waals surface area (Å²) in [4.78, 5) is 9.61. The summed E-state index contributed by atoms with van der Waals surface area (Å²) in [6.45, 7) is 4.23. The van der Waals surface area contributed by atoms with E-state index in [9.17, 15) is 0 Å². The maximum atomic E-state index is 4.85. The highest BCUT2D eigenvalue weighted by Gasteiger charge is 2.06. The monoisotopic (exact) mass is 258 g/mol. The first-order valence-electron chi connectivity index (χ1n) is 6.79. The molecule has 0 fully saturated rings. The van der Waals surface area contributed by atoms with Gasteiger partial charge in [0.2, 0.25) is 0 Å². The molecule has 0 aliphatic carbocycles. The van der Waals surface area contributed by atoms with Crippen molar-refractivity contribution in [2.24, 2.45) is 0 Å². The molecule has 4 rings (SSSR count). The molecule has 0 amide bonds. The highest BCUT2D eigenvalue weighted by Crippen LogP contribution is 2.25. The number of rotatable bonds is 0. The number of hydrogen-bond acceptors (Lipinski definition) is 2. The Morgan fingerprint density at radius 3 is 2.20 bits per heavy atom. The Bertz CT molecular complexity index is 971. The second-order valence-electron chi connectivity index (χ2n) is 5.30. The van der Waals surface area contributed by atoms with E-state index in [0.29, 0.717) is 0 Å². The highest BCUT2D eigenvalue weighted by atomic mass is 14.8. The standard InChI is InChI=1S/C18H14N2/c1-11-9-16-17(10-12(11)2)20-18-14-6-4-3-5-13(14)7-8-15(18)19-16/h3-10H,1-2H3. The summed E-state index contributed by atoms with van der Waals surface area (Å²) in [6.07, 6.45) is 0. The molecule has 0 saturated carbocycles. The molecule has 1 heterocycles. The van der Waals surface area contributed by atoms with E-state index in [-0.39, 0.29) is 0 Å². The zero-order valence-corrected chi connectivity index (χ0v) is 11.5. The van der Waals surface area contributed by atoms with Gasteiger partial charge in [-0.1, -0.05) is 30.3 Å². The van der Waals surface area contributed by atoms with Crippen molar-refractivity contribution in [3.8, 4) is 0 Å². The van der Waals surface area contributed by atoms with Crippen LogP contribution in [0.1, 0.15) is 11.1 Å². The van der Waals surface area contributed by atoms with Gasteiger partial charge in [-0.25, -0.2) is 9.97 Å². The quantitative estimate of drug-likeness (QED) is 0.341. The lowest BCUT2D eigenvalue weighted by Gasteiger charge is -2.07. The predicted molar refractivity (Wildman–Crippen MR) is 84.0 cm³/mol. The summed E-state index contributed by atoms with van der Waals surface area (Å²) in [5, 5.41) is 2.37. The van der Waals surface area contributed by atoms with E-state index in [1.807, 2.05) is 6.07 Å². The molecule has 2 nitrogen and oxygen atoms in total. The molecule has 0 radical (unpaired) electrons. The Morgan fingerprint density at radius 2 is 1.40 bits per heavy atom. The molecule has 0 saturated heterocycles. The SMILES string of the molecule is Cc1cc2nc3ccc4ccccc4c3nc2cc1C. The van der Waals surface area contributed by atoms with Gasteiger partial charge >= 0.3 is 0 Å². The maximum absolute atomic E-state index is 4.85. The first-order valence-corrected chi connectivity index (χ1v) is 6.79. The third-order valence-corrected chi connectivity index (χ3v) is 3.94. The van der Waals surface area contributed by atoms with Crippen LogP contribution >= 0.6 is 0 Å². The summed E-state index contributed by atoms with van der Waals surface area (Å²) in [5.41, 5.74) is 6.39. The van der Waals surface area contributed by atoms with Crippen LogP contribution in [0.4, 0.5) is 0 Å². The number of aryl methyl sites for hydroxylation is 2. The molecular formula is C18H14N2. The Balaban J connectivity index is 2.21. The van der Waals surface area contributed by atoms with E-state index in [0.717, 1.165) is 27.5 Å². The second-order valence-corrected chi connectivity index (χ2v) is 5.30. The second kappa shape index (κ2) is 4.01. The number of hydrogen-bond donors (Lipinski definition) is 0. The van der Waals surface area contributed by atoms with Gasteiger partial charge in [0.1, 0.15) is 0 Å². The summed E-state index contributed by atoms with van der Waals surface area (Å²) >= 11 is 0. The van der Waals surface area contributed by atoms with Gasteiger partial charge in [0.05, 0.1) is 22.1 Å². The van der Waals surface area contributed by atoms with Crippen LogP contribution in [0, 0.1) is 13.8 Å². The fourth-order valence-corrected chi connectivity index (χ4v) is 2.67. The van der Waals surface area contributed by atoms with Crippen molar-refractivity contribution >= 4 is 32.8 Å². The van der Waals surface area contributed by atoms with E-state index in [4.69, 9.17) is 9.97 Å². The summed E-state index contributed by atoms with van der Waals surface area (Å²) < 4.78 is 0. The molecular weight excluding hydrogens is 244 g/mol. The number of benzene rings is 3. The van der Waals surface area contributed by atoms with Crippen LogP contribution in [0.3, 0.4) is 0 Å². The van der Waals surface area contributed by atoms with Crippen molar-refractivity contribution in [2.45, 2.75) is 13.8 Å². The Morgan fingerprint density at radius 1 is 0.700 bits per heavy atom. The molecule has 0 N–H and O–H groups in total. The summed E-state index contributed by atoms with van der Waals surface area (Å²) in [5.74, 6) is 0. The third kappa shape index (κ3) is 1.58. The van der Waals surface area contributed by atoms with Gasteiger partial charge in [-0.15, -0.1) is 0 Å². The van der Waals surface area contributed by atoms with Crippen LogP contribution < -0.4 is 0 Å². The van der Waals surface area contributed by atoms with Crippen molar-refractivity contribution < 1.29 is 0 Å². The van der Waals surface area contributed by atoms with E-state index in [1.165, 1.54) is 16.5 Å². The van der Waals surface area contributed by atoms with E-state index < -0.39 is 0 Å². The van der Waals surface area contributed by atoms with Gasteiger partial charge in [-0.2, -0.15) is 0 Å². The van der Waals surface area contributed by atoms with Crippen molar-refractivity contribution in [1.82, 2.24) is 9.97 Å². The summed E-state index contributed by atoms with van der Waals surface area (Å²) in [6, 6.07) is 16.7. The molecule has 0 bridgehead atoms. The van der Waals surface area contributed by atoms with E-state index in [2.05, 4.69) is 56.3 Å². The molecule has 0 spiro atoms. The number of nitrogens with zero attached hydrogens (tertiary/aromatic N) is 2. The Hall–Kier alpha value is -2.48. The lowest BCUT2D eigenvalue weighted by molar-refractivity contribution is 1.32. The van der Waals surface area contributed by atoms with E-state index in [1.54, 1.807) is 0 Å². The number of fused-ring (bicyclic) bond motifs is 4. The molecule has 4 aromatic rings. The smallest absolute Gasteiger partial charge is 0.0972 e. The van der Waals surface area contributed by atoms with Gasteiger partial charge in [-0.05, 0) is 48.6 Å². The van der Waals surface area contributed by atoms with Crippen LogP contribution in [-0.4, -0.2) is 9.97 Å². The van der Waals surface area contributed by atoms with Crippen molar-refractivity contribution in [3.63, 3.8) is 0 Å². The van der Waals surface area contributed by atoms with Crippen LogP contribution in [0.25, 0.3) is 32.8 Å².